The minimum absolute atomic E-state index is 0.0496. The molecule has 2 atom stereocenters. The van der Waals surface area contributed by atoms with Crippen molar-refractivity contribution in [1.29, 1.82) is 0 Å². The van der Waals surface area contributed by atoms with Crippen LogP contribution in [0.3, 0.4) is 0 Å². The van der Waals surface area contributed by atoms with Gasteiger partial charge in [0, 0.05) is 27.6 Å². The SMILES string of the molecule is CCCCOc1ccc([C@@H]2Oc3ccc(Cl)cc3[C@@H]3CC(c4ccc(Cl)cc4)=NN32)cc1. The van der Waals surface area contributed by atoms with Crippen molar-refractivity contribution < 1.29 is 9.47 Å². The standard InChI is InChI=1S/C26H24Cl2N2O2/c1-2-3-14-31-21-11-6-18(7-12-21)26-30-24(22-15-20(28)10-13-25(22)32-26)16-23(29-30)17-4-8-19(27)9-5-17/h4-13,15,24,26H,2-3,14,16H2,1H3/t24-,26-/m0/s1. The molecule has 0 saturated heterocycles. The van der Waals surface area contributed by atoms with Crippen LogP contribution in [0.25, 0.3) is 0 Å². The zero-order valence-electron chi connectivity index (χ0n) is 17.8. The number of ether oxygens (including phenoxy) is 2. The van der Waals surface area contributed by atoms with Gasteiger partial charge in [0.25, 0.3) is 0 Å². The van der Waals surface area contributed by atoms with Crippen molar-refractivity contribution in [3.05, 3.63) is 93.5 Å². The molecule has 0 unspecified atom stereocenters. The number of benzene rings is 3. The van der Waals surface area contributed by atoms with Crippen LogP contribution in [-0.4, -0.2) is 17.3 Å². The molecule has 4 nitrogen and oxygen atoms in total. The number of nitrogens with zero attached hydrogens (tertiary/aromatic N) is 2. The molecule has 0 saturated carbocycles. The Kier molecular flexibility index (Phi) is 5.99. The number of hydrogen-bond acceptors (Lipinski definition) is 4. The second-order valence-corrected chi connectivity index (χ2v) is 8.95. The monoisotopic (exact) mass is 466 g/mol. The van der Waals surface area contributed by atoms with Crippen molar-refractivity contribution in [3.63, 3.8) is 0 Å². The topological polar surface area (TPSA) is 34.1 Å². The van der Waals surface area contributed by atoms with Crippen LogP contribution in [0.4, 0.5) is 0 Å². The van der Waals surface area contributed by atoms with E-state index in [1.807, 2.05) is 54.6 Å². The maximum Gasteiger partial charge on any atom is 0.213 e. The van der Waals surface area contributed by atoms with Crippen molar-refractivity contribution in [2.24, 2.45) is 5.10 Å². The fourth-order valence-corrected chi connectivity index (χ4v) is 4.46. The summed E-state index contributed by atoms with van der Waals surface area (Å²) >= 11 is 12.4. The van der Waals surface area contributed by atoms with E-state index in [1.54, 1.807) is 0 Å². The van der Waals surface area contributed by atoms with Gasteiger partial charge in [0.05, 0.1) is 18.4 Å². The highest BCUT2D eigenvalue weighted by Gasteiger charge is 2.41. The molecule has 0 fully saturated rings. The van der Waals surface area contributed by atoms with E-state index in [0.29, 0.717) is 10.0 Å². The molecule has 0 aromatic heterocycles. The van der Waals surface area contributed by atoms with Crippen LogP contribution in [0.15, 0.2) is 71.8 Å². The predicted molar refractivity (Wildman–Crippen MR) is 129 cm³/mol. The fourth-order valence-electron chi connectivity index (χ4n) is 4.16. The van der Waals surface area contributed by atoms with E-state index in [9.17, 15) is 0 Å². The van der Waals surface area contributed by atoms with Gasteiger partial charge in [-0.15, -0.1) is 0 Å². The van der Waals surface area contributed by atoms with Gasteiger partial charge < -0.3 is 9.47 Å². The van der Waals surface area contributed by atoms with E-state index in [2.05, 4.69) is 24.1 Å². The van der Waals surface area contributed by atoms with Crippen molar-refractivity contribution in [3.8, 4) is 11.5 Å². The van der Waals surface area contributed by atoms with Crippen molar-refractivity contribution >= 4 is 28.9 Å². The molecule has 0 radical (unpaired) electrons. The first kappa shape index (κ1) is 21.2. The van der Waals surface area contributed by atoms with E-state index < -0.39 is 0 Å². The smallest absolute Gasteiger partial charge is 0.213 e. The van der Waals surface area contributed by atoms with E-state index in [4.69, 9.17) is 37.8 Å². The van der Waals surface area contributed by atoms with Crippen molar-refractivity contribution in [2.75, 3.05) is 6.61 Å². The quantitative estimate of drug-likeness (QED) is 0.354. The molecule has 3 aromatic carbocycles. The van der Waals surface area contributed by atoms with E-state index in [-0.39, 0.29) is 12.3 Å². The molecule has 32 heavy (non-hydrogen) atoms. The summed E-state index contributed by atoms with van der Waals surface area (Å²) in [4.78, 5) is 0. The molecule has 0 amide bonds. The van der Waals surface area contributed by atoms with Gasteiger partial charge in [0.15, 0.2) is 0 Å². The maximum atomic E-state index is 6.43. The van der Waals surface area contributed by atoms with Crippen molar-refractivity contribution in [2.45, 2.75) is 38.5 Å². The Labute approximate surface area is 198 Å². The van der Waals surface area contributed by atoms with Gasteiger partial charge in [-0.2, -0.15) is 5.10 Å². The van der Waals surface area contributed by atoms with Gasteiger partial charge in [-0.05, 0) is 66.6 Å². The van der Waals surface area contributed by atoms with Gasteiger partial charge in [-0.3, -0.25) is 0 Å². The lowest BCUT2D eigenvalue weighted by molar-refractivity contribution is -0.0190. The van der Waals surface area contributed by atoms with E-state index >= 15 is 0 Å². The highest BCUT2D eigenvalue weighted by molar-refractivity contribution is 6.31. The average Bonchev–Trinajstić information content (AvgIpc) is 3.26. The number of halogens is 2. The Morgan fingerprint density at radius 1 is 1.00 bits per heavy atom. The number of rotatable bonds is 6. The molecule has 6 heteroatoms. The minimum atomic E-state index is -0.330. The van der Waals surface area contributed by atoms with Crippen LogP contribution in [0, 0.1) is 0 Å². The summed E-state index contributed by atoms with van der Waals surface area (Å²) in [6, 6.07) is 21.8. The van der Waals surface area contributed by atoms with E-state index in [1.165, 1.54) is 0 Å². The number of hydrogen-bond donors (Lipinski definition) is 0. The number of unbranched alkanes of at least 4 members (excludes halogenated alkanes) is 1. The zero-order valence-corrected chi connectivity index (χ0v) is 19.3. The zero-order chi connectivity index (χ0) is 22.1. The third kappa shape index (κ3) is 4.17. The molecule has 2 heterocycles. The Balaban J connectivity index is 1.48. The molecule has 0 N–H and O–H groups in total. The lowest BCUT2D eigenvalue weighted by Crippen LogP contribution is -2.33. The van der Waals surface area contributed by atoms with Crippen LogP contribution in [-0.2, 0) is 0 Å². The molecular weight excluding hydrogens is 443 g/mol. The summed E-state index contributed by atoms with van der Waals surface area (Å²) in [6.45, 7) is 2.88. The van der Waals surface area contributed by atoms with Gasteiger partial charge in [0.2, 0.25) is 6.23 Å². The second kappa shape index (κ2) is 9.05. The highest BCUT2D eigenvalue weighted by Crippen LogP contribution is 2.48. The van der Waals surface area contributed by atoms with Crippen molar-refractivity contribution in [1.82, 2.24) is 5.01 Å². The molecule has 2 aliphatic rings. The lowest BCUT2D eigenvalue weighted by atomic mass is 9.96. The summed E-state index contributed by atoms with van der Waals surface area (Å²) in [5, 5.41) is 8.44. The molecule has 5 rings (SSSR count). The van der Waals surface area contributed by atoms with Crippen LogP contribution >= 0.6 is 23.2 Å². The van der Waals surface area contributed by atoms with Gasteiger partial charge in [0.1, 0.15) is 11.5 Å². The van der Waals surface area contributed by atoms with Crippen LogP contribution in [0.1, 0.15) is 55.1 Å². The highest BCUT2D eigenvalue weighted by atomic mass is 35.5. The Bertz CT molecular complexity index is 1130. The lowest BCUT2D eigenvalue weighted by Gasteiger charge is -2.38. The Morgan fingerprint density at radius 3 is 2.50 bits per heavy atom. The normalized spacial score (nSPS) is 19.1. The van der Waals surface area contributed by atoms with Gasteiger partial charge in [-0.25, -0.2) is 5.01 Å². The molecule has 0 aliphatic carbocycles. The molecule has 3 aromatic rings. The fraction of sp³-hybridized carbons (Fsp3) is 0.269. The number of hydrazone groups is 1. The summed E-state index contributed by atoms with van der Waals surface area (Å²) < 4.78 is 12.2. The first-order valence-corrected chi connectivity index (χ1v) is 11.7. The summed E-state index contributed by atoms with van der Waals surface area (Å²) in [5.74, 6) is 1.71. The summed E-state index contributed by atoms with van der Waals surface area (Å²) in [6.07, 6.45) is 2.60. The van der Waals surface area contributed by atoms with Crippen LogP contribution in [0.5, 0.6) is 11.5 Å². The van der Waals surface area contributed by atoms with Gasteiger partial charge >= 0.3 is 0 Å². The minimum Gasteiger partial charge on any atom is -0.494 e. The average molecular weight is 467 g/mol. The third-order valence-corrected chi connectivity index (χ3v) is 6.35. The van der Waals surface area contributed by atoms with Crippen LogP contribution in [0.2, 0.25) is 10.0 Å². The van der Waals surface area contributed by atoms with Gasteiger partial charge in [-0.1, -0.05) is 48.7 Å². The van der Waals surface area contributed by atoms with Crippen LogP contribution < -0.4 is 9.47 Å². The second-order valence-electron chi connectivity index (χ2n) is 8.08. The Morgan fingerprint density at radius 2 is 1.75 bits per heavy atom. The molecule has 164 valence electrons. The summed E-state index contributed by atoms with van der Waals surface area (Å²) in [7, 11) is 0. The maximum absolute atomic E-state index is 6.43. The Hall–Kier alpha value is -2.69. The predicted octanol–water partition coefficient (Wildman–Crippen LogP) is 7.41. The largest absolute Gasteiger partial charge is 0.494 e. The molecule has 0 bridgehead atoms. The first-order chi connectivity index (χ1) is 15.6. The third-order valence-electron chi connectivity index (χ3n) is 5.86. The molecular formula is C26H24Cl2N2O2. The first-order valence-electron chi connectivity index (χ1n) is 10.9. The number of fused-ring (bicyclic) bond motifs is 3. The molecule has 2 aliphatic heterocycles. The molecule has 0 spiro atoms. The summed E-state index contributed by atoms with van der Waals surface area (Å²) in [5.41, 5.74) is 4.15. The van der Waals surface area contributed by atoms with E-state index in [0.717, 1.165) is 59.8 Å².